The van der Waals surface area contributed by atoms with Crippen LogP contribution in [0.3, 0.4) is 0 Å². The molecule has 5 nitrogen and oxygen atoms in total. The van der Waals surface area contributed by atoms with Gasteiger partial charge >= 0.3 is 5.97 Å². The summed E-state index contributed by atoms with van der Waals surface area (Å²) in [6, 6.07) is 6.27. The minimum atomic E-state index is -1.18. The lowest BCUT2D eigenvalue weighted by Gasteiger charge is -2.09. The van der Waals surface area contributed by atoms with Crippen molar-refractivity contribution < 1.29 is 14.7 Å². The van der Waals surface area contributed by atoms with Gasteiger partial charge in [-0.25, -0.2) is 0 Å². The molecule has 0 saturated heterocycles. The molecule has 4 N–H and O–H groups in total. The van der Waals surface area contributed by atoms with Gasteiger partial charge < -0.3 is 16.2 Å². The molecular formula is C13H18N2O3. The fourth-order valence-electron chi connectivity index (χ4n) is 1.45. The Kier molecular flexibility index (Phi) is 4.85. The second-order valence-electron chi connectivity index (χ2n) is 4.47. The van der Waals surface area contributed by atoms with E-state index in [9.17, 15) is 9.59 Å². The smallest absolute Gasteiger partial charge is 0.321 e. The molecule has 0 fully saturated rings. The highest BCUT2D eigenvalue weighted by Crippen LogP contribution is 2.17. The second kappa shape index (κ2) is 6.16. The predicted molar refractivity (Wildman–Crippen MR) is 69.4 cm³/mol. The van der Waals surface area contributed by atoms with Crippen LogP contribution in [-0.4, -0.2) is 23.0 Å². The van der Waals surface area contributed by atoms with Crippen molar-refractivity contribution in [3.8, 4) is 0 Å². The van der Waals surface area contributed by atoms with Crippen molar-refractivity contribution in [2.75, 3.05) is 5.32 Å². The van der Waals surface area contributed by atoms with Crippen LogP contribution in [0.5, 0.6) is 0 Å². The molecule has 0 aliphatic carbocycles. The number of benzene rings is 1. The summed E-state index contributed by atoms with van der Waals surface area (Å²) in [4.78, 5) is 22.0. The first-order valence-electron chi connectivity index (χ1n) is 5.78. The predicted octanol–water partition coefficient (Wildman–Crippen LogP) is 1.55. The van der Waals surface area contributed by atoms with Gasteiger partial charge in [0.25, 0.3) is 0 Å². The van der Waals surface area contributed by atoms with Crippen LogP contribution in [-0.2, 0) is 9.59 Å². The number of carboxylic acid groups (broad SMARTS) is 1. The van der Waals surface area contributed by atoms with Crippen LogP contribution >= 0.6 is 0 Å². The van der Waals surface area contributed by atoms with Crippen molar-refractivity contribution in [3.63, 3.8) is 0 Å². The summed E-state index contributed by atoms with van der Waals surface area (Å²) in [7, 11) is 0. The van der Waals surface area contributed by atoms with E-state index >= 15 is 0 Å². The Morgan fingerprint density at radius 3 is 2.28 bits per heavy atom. The van der Waals surface area contributed by atoms with E-state index in [1.165, 1.54) is 5.56 Å². The van der Waals surface area contributed by atoms with Crippen molar-refractivity contribution in [1.82, 2.24) is 0 Å². The molecule has 0 aromatic heterocycles. The maximum atomic E-state index is 11.5. The number of nitrogens with one attached hydrogen (secondary N) is 1. The molecular weight excluding hydrogens is 232 g/mol. The third-order valence-electron chi connectivity index (χ3n) is 2.58. The van der Waals surface area contributed by atoms with E-state index in [0.29, 0.717) is 11.6 Å². The highest BCUT2D eigenvalue weighted by Gasteiger charge is 2.16. The highest BCUT2D eigenvalue weighted by molar-refractivity contribution is 5.93. The summed E-state index contributed by atoms with van der Waals surface area (Å²) in [5, 5.41) is 11.2. The van der Waals surface area contributed by atoms with Crippen LogP contribution in [0.1, 0.15) is 31.7 Å². The van der Waals surface area contributed by atoms with E-state index in [4.69, 9.17) is 10.8 Å². The molecule has 1 rings (SSSR count). The van der Waals surface area contributed by atoms with Crippen molar-refractivity contribution >= 4 is 17.6 Å². The second-order valence-corrected chi connectivity index (χ2v) is 4.47. The number of rotatable bonds is 5. The Labute approximate surface area is 106 Å². The van der Waals surface area contributed by atoms with Crippen LogP contribution in [0.15, 0.2) is 24.3 Å². The molecule has 0 aliphatic heterocycles. The Balaban J connectivity index is 2.57. The van der Waals surface area contributed by atoms with Gasteiger partial charge in [-0.3, -0.25) is 9.59 Å². The molecule has 0 spiro atoms. The van der Waals surface area contributed by atoms with E-state index in [1.54, 1.807) is 12.1 Å². The Morgan fingerprint density at radius 1 is 1.28 bits per heavy atom. The lowest BCUT2D eigenvalue weighted by Crippen LogP contribution is -2.34. The standard InChI is InChI=1S/C13H18N2O3/c1-8(2)9-3-5-10(6-4-9)15-12(16)7-11(14)13(17)18/h3-6,8,11H,7,14H2,1-2H3,(H,15,16)(H,17,18). The molecule has 1 aromatic carbocycles. The Bertz CT molecular complexity index is 426. The third-order valence-corrected chi connectivity index (χ3v) is 2.58. The number of carbonyl (C=O) groups excluding carboxylic acids is 1. The van der Waals surface area contributed by atoms with Gasteiger partial charge in [0.15, 0.2) is 0 Å². The summed E-state index contributed by atoms with van der Waals surface area (Å²) in [6.45, 7) is 4.17. The third kappa shape index (κ3) is 4.18. The average molecular weight is 250 g/mol. The minimum absolute atomic E-state index is 0.235. The van der Waals surface area contributed by atoms with E-state index < -0.39 is 17.9 Å². The van der Waals surface area contributed by atoms with Crippen LogP contribution < -0.4 is 11.1 Å². The van der Waals surface area contributed by atoms with Gasteiger partial charge in [0.05, 0.1) is 6.42 Å². The number of hydrogen-bond donors (Lipinski definition) is 3. The largest absolute Gasteiger partial charge is 0.480 e. The lowest BCUT2D eigenvalue weighted by molar-refractivity contribution is -0.140. The fraction of sp³-hybridized carbons (Fsp3) is 0.385. The van der Waals surface area contributed by atoms with Crippen LogP contribution in [0, 0.1) is 0 Å². The summed E-state index contributed by atoms with van der Waals surface area (Å²) in [5.74, 6) is -1.15. The Morgan fingerprint density at radius 2 is 1.83 bits per heavy atom. The zero-order valence-corrected chi connectivity index (χ0v) is 10.5. The molecule has 1 atom stereocenters. The van der Waals surface area contributed by atoms with Crippen molar-refractivity contribution in [2.45, 2.75) is 32.2 Å². The molecule has 0 radical (unpaired) electrons. The summed E-state index contributed by atoms with van der Waals surface area (Å²) < 4.78 is 0. The van der Waals surface area contributed by atoms with Crippen molar-refractivity contribution in [2.24, 2.45) is 5.73 Å². The van der Waals surface area contributed by atoms with Crippen LogP contribution in [0.2, 0.25) is 0 Å². The molecule has 5 heteroatoms. The molecule has 1 aromatic rings. The van der Waals surface area contributed by atoms with Crippen molar-refractivity contribution in [3.05, 3.63) is 29.8 Å². The average Bonchev–Trinajstić information content (AvgIpc) is 2.29. The molecule has 18 heavy (non-hydrogen) atoms. The maximum Gasteiger partial charge on any atom is 0.321 e. The molecule has 0 saturated carbocycles. The van der Waals surface area contributed by atoms with E-state index in [0.717, 1.165) is 0 Å². The van der Waals surface area contributed by atoms with Gasteiger partial charge in [-0.1, -0.05) is 26.0 Å². The number of hydrogen-bond acceptors (Lipinski definition) is 3. The lowest BCUT2D eigenvalue weighted by atomic mass is 10.0. The molecule has 0 bridgehead atoms. The number of nitrogens with two attached hydrogens (primary N) is 1. The number of anilines is 1. The van der Waals surface area contributed by atoms with Crippen LogP contribution in [0.4, 0.5) is 5.69 Å². The first-order valence-corrected chi connectivity index (χ1v) is 5.78. The van der Waals surface area contributed by atoms with Gasteiger partial charge in [0.1, 0.15) is 6.04 Å². The van der Waals surface area contributed by atoms with Crippen LogP contribution in [0.25, 0.3) is 0 Å². The molecule has 98 valence electrons. The topological polar surface area (TPSA) is 92.4 Å². The number of carbonyl (C=O) groups is 2. The summed E-state index contributed by atoms with van der Waals surface area (Å²) >= 11 is 0. The quantitative estimate of drug-likeness (QED) is 0.739. The van der Waals surface area contributed by atoms with E-state index in [1.807, 2.05) is 12.1 Å². The van der Waals surface area contributed by atoms with Gasteiger partial charge in [-0.15, -0.1) is 0 Å². The highest BCUT2D eigenvalue weighted by atomic mass is 16.4. The molecule has 1 amide bonds. The summed E-state index contributed by atoms with van der Waals surface area (Å²) in [5.41, 5.74) is 7.09. The monoisotopic (exact) mass is 250 g/mol. The SMILES string of the molecule is CC(C)c1ccc(NC(=O)CC(N)C(=O)O)cc1. The van der Waals surface area contributed by atoms with Gasteiger partial charge in [0, 0.05) is 5.69 Å². The maximum absolute atomic E-state index is 11.5. The first-order chi connectivity index (χ1) is 8.40. The molecule has 0 aliphatic rings. The fourth-order valence-corrected chi connectivity index (χ4v) is 1.45. The van der Waals surface area contributed by atoms with Gasteiger partial charge in [-0.2, -0.15) is 0 Å². The number of carboxylic acids is 1. The van der Waals surface area contributed by atoms with E-state index in [-0.39, 0.29) is 6.42 Å². The van der Waals surface area contributed by atoms with Gasteiger partial charge in [0.2, 0.25) is 5.91 Å². The number of amides is 1. The Hall–Kier alpha value is -1.88. The zero-order valence-electron chi connectivity index (χ0n) is 10.5. The normalized spacial score (nSPS) is 12.2. The molecule has 0 heterocycles. The zero-order chi connectivity index (χ0) is 13.7. The molecule has 1 unspecified atom stereocenters. The van der Waals surface area contributed by atoms with Gasteiger partial charge in [-0.05, 0) is 23.6 Å². The van der Waals surface area contributed by atoms with E-state index in [2.05, 4.69) is 19.2 Å². The summed E-state index contributed by atoms with van der Waals surface area (Å²) in [6.07, 6.45) is -0.235. The minimum Gasteiger partial charge on any atom is -0.480 e. The number of aliphatic carboxylic acids is 1. The first kappa shape index (κ1) is 14.2. The van der Waals surface area contributed by atoms with Crippen molar-refractivity contribution in [1.29, 1.82) is 0 Å².